The summed E-state index contributed by atoms with van der Waals surface area (Å²) in [4.78, 5) is 16.5. The van der Waals surface area contributed by atoms with Crippen molar-refractivity contribution in [1.29, 1.82) is 0 Å². The van der Waals surface area contributed by atoms with E-state index < -0.39 is 0 Å². The molecular formula is C4H3BrN2O. The molecule has 0 spiro atoms. The molecule has 0 aliphatic rings. The Morgan fingerprint density at radius 1 is 1.75 bits per heavy atom. The molecule has 4 heteroatoms. The second-order valence-corrected chi connectivity index (χ2v) is 1.96. The molecule has 0 unspecified atom stereocenters. The number of hydrogen-bond acceptors (Lipinski definition) is 2. The molecule has 0 aliphatic carbocycles. The molecule has 1 aromatic heterocycles. The molecule has 3 nitrogen and oxygen atoms in total. The molecule has 0 aliphatic heterocycles. The van der Waals surface area contributed by atoms with Crippen LogP contribution >= 0.6 is 15.9 Å². The van der Waals surface area contributed by atoms with Crippen LogP contribution in [-0.4, -0.2) is 9.97 Å². The first-order valence-corrected chi connectivity index (χ1v) is 2.79. The van der Waals surface area contributed by atoms with E-state index in [1.807, 2.05) is 0 Å². The molecular weight excluding hydrogens is 172 g/mol. The molecule has 1 rings (SSSR count). The van der Waals surface area contributed by atoms with E-state index >= 15 is 0 Å². The minimum absolute atomic E-state index is 0.201. The molecule has 0 atom stereocenters. The fourth-order valence-electron chi connectivity index (χ4n) is 0.334. The summed E-state index contributed by atoms with van der Waals surface area (Å²) in [5.74, 6) is 0. The van der Waals surface area contributed by atoms with Gasteiger partial charge in [-0.1, -0.05) is 0 Å². The van der Waals surface area contributed by atoms with Crippen molar-refractivity contribution in [2.45, 2.75) is 0 Å². The van der Waals surface area contributed by atoms with Crippen LogP contribution in [0.1, 0.15) is 0 Å². The summed E-state index contributed by atoms with van der Waals surface area (Å²) in [5, 5.41) is 0. The van der Waals surface area contributed by atoms with Gasteiger partial charge in [0, 0.05) is 12.4 Å². The summed E-state index contributed by atoms with van der Waals surface area (Å²) < 4.78 is 0.319. The van der Waals surface area contributed by atoms with Gasteiger partial charge in [0.05, 0.1) is 0 Å². The molecule has 0 saturated carbocycles. The topological polar surface area (TPSA) is 45.8 Å². The lowest BCUT2D eigenvalue weighted by molar-refractivity contribution is 1.10. The Morgan fingerprint density at radius 3 is 2.88 bits per heavy atom. The number of hydrogen-bond donors (Lipinski definition) is 1. The van der Waals surface area contributed by atoms with E-state index in [2.05, 4.69) is 25.9 Å². The number of rotatable bonds is 0. The lowest BCUT2D eigenvalue weighted by atomic mass is 10.8. The Hall–Kier alpha value is -0.640. The normalized spacial score (nSPS) is 9.12. The van der Waals surface area contributed by atoms with E-state index in [1.54, 1.807) is 0 Å². The van der Waals surface area contributed by atoms with Crippen molar-refractivity contribution in [2.24, 2.45) is 0 Å². The zero-order chi connectivity index (χ0) is 5.98. The number of nitrogens with zero attached hydrogens (tertiary/aromatic N) is 1. The van der Waals surface area contributed by atoms with E-state index in [4.69, 9.17) is 0 Å². The molecule has 0 radical (unpaired) electrons. The van der Waals surface area contributed by atoms with Crippen LogP contribution in [0.15, 0.2) is 21.8 Å². The van der Waals surface area contributed by atoms with Gasteiger partial charge in [0.15, 0.2) is 4.60 Å². The number of aromatic nitrogens is 2. The van der Waals surface area contributed by atoms with Crippen LogP contribution in [0.2, 0.25) is 0 Å². The van der Waals surface area contributed by atoms with Gasteiger partial charge < -0.3 is 4.98 Å². The summed E-state index contributed by atoms with van der Waals surface area (Å²) in [6.07, 6.45) is 2.98. The number of H-pyrrole nitrogens is 1. The monoisotopic (exact) mass is 174 g/mol. The summed E-state index contributed by atoms with van der Waals surface area (Å²) in [6.45, 7) is 0. The predicted molar refractivity (Wildman–Crippen MR) is 32.6 cm³/mol. The van der Waals surface area contributed by atoms with E-state index in [0.717, 1.165) is 0 Å². The molecule has 0 bridgehead atoms. The molecule has 0 amide bonds. The maximum Gasteiger partial charge on any atom is 0.281 e. The van der Waals surface area contributed by atoms with E-state index in [-0.39, 0.29) is 5.56 Å². The van der Waals surface area contributed by atoms with Gasteiger partial charge >= 0.3 is 0 Å². The highest BCUT2D eigenvalue weighted by Gasteiger charge is 1.88. The van der Waals surface area contributed by atoms with Crippen molar-refractivity contribution in [2.75, 3.05) is 0 Å². The highest BCUT2D eigenvalue weighted by Crippen LogP contribution is 1.91. The van der Waals surface area contributed by atoms with Gasteiger partial charge in [-0.15, -0.1) is 0 Å². The van der Waals surface area contributed by atoms with Crippen molar-refractivity contribution < 1.29 is 0 Å². The largest absolute Gasteiger partial charge is 0.325 e. The second kappa shape index (κ2) is 2.09. The third kappa shape index (κ3) is 0.949. The van der Waals surface area contributed by atoms with Crippen LogP contribution in [0.3, 0.4) is 0 Å². The smallest absolute Gasteiger partial charge is 0.281 e. The van der Waals surface area contributed by atoms with E-state index in [0.29, 0.717) is 4.60 Å². The lowest BCUT2D eigenvalue weighted by Crippen LogP contribution is -2.05. The van der Waals surface area contributed by atoms with Gasteiger partial charge in [-0.25, -0.2) is 4.98 Å². The average molecular weight is 175 g/mol. The maximum atomic E-state index is 10.5. The Labute approximate surface area is 53.9 Å². The van der Waals surface area contributed by atoms with Crippen LogP contribution in [0.4, 0.5) is 0 Å². The molecule has 0 aromatic carbocycles. The van der Waals surface area contributed by atoms with Gasteiger partial charge in [0.1, 0.15) is 0 Å². The third-order valence-electron chi connectivity index (χ3n) is 0.664. The molecule has 1 aromatic rings. The minimum Gasteiger partial charge on any atom is -0.325 e. The van der Waals surface area contributed by atoms with Gasteiger partial charge in [0.2, 0.25) is 0 Å². The van der Waals surface area contributed by atoms with Crippen LogP contribution in [-0.2, 0) is 0 Å². The lowest BCUT2D eigenvalue weighted by Gasteiger charge is -1.81. The van der Waals surface area contributed by atoms with Crippen LogP contribution < -0.4 is 5.56 Å². The maximum absolute atomic E-state index is 10.5. The summed E-state index contributed by atoms with van der Waals surface area (Å²) in [7, 11) is 0. The first-order chi connectivity index (χ1) is 3.80. The van der Waals surface area contributed by atoms with Crippen molar-refractivity contribution in [3.8, 4) is 0 Å². The number of halogens is 1. The minimum atomic E-state index is -0.201. The van der Waals surface area contributed by atoms with Crippen molar-refractivity contribution >= 4 is 15.9 Å². The predicted octanol–water partition coefficient (Wildman–Crippen LogP) is 0.532. The van der Waals surface area contributed by atoms with Gasteiger partial charge in [0.25, 0.3) is 5.56 Å². The highest BCUT2D eigenvalue weighted by molar-refractivity contribution is 9.10. The van der Waals surface area contributed by atoms with E-state index in [1.165, 1.54) is 12.4 Å². The Kier molecular flexibility index (Phi) is 1.43. The number of aromatic amines is 1. The zero-order valence-corrected chi connectivity index (χ0v) is 5.47. The van der Waals surface area contributed by atoms with Crippen LogP contribution in [0.5, 0.6) is 0 Å². The summed E-state index contributed by atoms with van der Waals surface area (Å²) >= 11 is 2.94. The molecule has 42 valence electrons. The van der Waals surface area contributed by atoms with Crippen LogP contribution in [0, 0.1) is 0 Å². The highest BCUT2D eigenvalue weighted by atomic mass is 79.9. The Morgan fingerprint density at radius 2 is 2.50 bits per heavy atom. The summed E-state index contributed by atoms with van der Waals surface area (Å²) in [5.41, 5.74) is -0.201. The van der Waals surface area contributed by atoms with Crippen molar-refractivity contribution in [3.63, 3.8) is 0 Å². The van der Waals surface area contributed by atoms with Gasteiger partial charge in [-0.3, -0.25) is 4.79 Å². The SMILES string of the molecule is O=c1[nH]ccnc1Br. The van der Waals surface area contributed by atoms with E-state index in [9.17, 15) is 4.79 Å². The second-order valence-electron chi connectivity index (χ2n) is 1.21. The zero-order valence-electron chi connectivity index (χ0n) is 3.89. The Bertz CT molecular complexity index is 231. The first-order valence-electron chi connectivity index (χ1n) is 2.00. The molecule has 0 fully saturated rings. The molecule has 8 heavy (non-hydrogen) atoms. The molecule has 0 saturated heterocycles. The van der Waals surface area contributed by atoms with Gasteiger partial charge in [-0.05, 0) is 15.9 Å². The standard InChI is InChI=1S/C4H3BrN2O/c5-3-4(8)7-2-1-6-3/h1-2H,(H,7,8). The fraction of sp³-hybridized carbons (Fsp3) is 0. The Balaban J connectivity index is 3.35. The van der Waals surface area contributed by atoms with Gasteiger partial charge in [-0.2, -0.15) is 0 Å². The fourth-order valence-corrected chi connectivity index (χ4v) is 0.567. The van der Waals surface area contributed by atoms with Crippen molar-refractivity contribution in [1.82, 2.24) is 9.97 Å². The molecule has 1 N–H and O–H groups in total. The third-order valence-corrected chi connectivity index (χ3v) is 1.23. The quantitative estimate of drug-likeness (QED) is 0.625. The first kappa shape index (κ1) is 5.50. The summed E-state index contributed by atoms with van der Waals surface area (Å²) in [6, 6.07) is 0. The average Bonchev–Trinajstić information content (AvgIpc) is 1.77. The van der Waals surface area contributed by atoms with Crippen LogP contribution in [0.25, 0.3) is 0 Å². The molecule has 1 heterocycles. The van der Waals surface area contributed by atoms with Crippen molar-refractivity contribution in [3.05, 3.63) is 27.4 Å². The number of nitrogens with one attached hydrogen (secondary N) is 1.